The van der Waals surface area contributed by atoms with Crippen molar-refractivity contribution in [3.05, 3.63) is 45.6 Å². The van der Waals surface area contributed by atoms with Crippen LogP contribution in [0.3, 0.4) is 0 Å². The molecule has 3 aromatic rings. The molecule has 0 aromatic carbocycles. The topological polar surface area (TPSA) is 12.9 Å². The first-order valence-electron chi connectivity index (χ1n) is 6.09. The zero-order valence-electron chi connectivity index (χ0n) is 10.9. The van der Waals surface area contributed by atoms with Crippen molar-refractivity contribution in [2.75, 3.05) is 0 Å². The highest BCUT2D eigenvalue weighted by atomic mass is 32.2. The van der Waals surface area contributed by atoms with Crippen LogP contribution in [0.5, 0.6) is 0 Å². The Kier molecular flexibility index (Phi) is 5.89. The van der Waals surface area contributed by atoms with Gasteiger partial charge in [-0.3, -0.25) is 4.98 Å². The minimum absolute atomic E-state index is 0.775. The van der Waals surface area contributed by atoms with Crippen molar-refractivity contribution >= 4 is 95.0 Å². The van der Waals surface area contributed by atoms with Crippen molar-refractivity contribution in [1.82, 2.24) is 4.98 Å². The predicted octanol–water partition coefficient (Wildman–Crippen LogP) is 6.55. The number of aromatic nitrogens is 1. The van der Waals surface area contributed by atoms with E-state index < -0.39 is 0 Å². The van der Waals surface area contributed by atoms with Gasteiger partial charge in [-0.15, -0.1) is 70.6 Å². The monoisotopic (exact) mass is 435 g/mol. The second-order valence-electron chi connectivity index (χ2n) is 4.34. The van der Waals surface area contributed by atoms with E-state index in [1.807, 2.05) is 18.2 Å². The number of pyridine rings is 1. The third-order valence-corrected chi connectivity index (χ3v) is 9.18. The summed E-state index contributed by atoms with van der Waals surface area (Å²) in [5, 5.41) is 0. The van der Waals surface area contributed by atoms with Crippen LogP contribution in [0.25, 0.3) is 0 Å². The van der Waals surface area contributed by atoms with Gasteiger partial charge in [-0.05, 0) is 12.1 Å². The average molecular weight is 436 g/mol. The van der Waals surface area contributed by atoms with Gasteiger partial charge in [0.1, 0.15) is 6.28 Å². The van der Waals surface area contributed by atoms with Gasteiger partial charge in [-0.2, -0.15) is 0 Å². The zero-order chi connectivity index (χ0) is 15.7. The van der Waals surface area contributed by atoms with Crippen molar-refractivity contribution in [3.8, 4) is 0 Å². The van der Waals surface area contributed by atoms with Crippen LogP contribution in [0.1, 0.15) is 21.1 Å². The van der Waals surface area contributed by atoms with Crippen LogP contribution in [-0.4, -0.2) is 4.98 Å². The van der Waals surface area contributed by atoms with E-state index in [1.165, 1.54) is 9.75 Å². The van der Waals surface area contributed by atoms with E-state index in [0.29, 0.717) is 0 Å². The van der Waals surface area contributed by atoms with Crippen LogP contribution < -0.4 is 0 Å². The minimum Gasteiger partial charge on any atom is -0.257 e. The number of hydrogen-bond donors (Lipinski definition) is 2. The molecule has 0 saturated carbocycles. The molecule has 3 rings (SSSR count). The summed E-state index contributed by atoms with van der Waals surface area (Å²) in [6, 6.07) is 6.13. The first-order chi connectivity index (χ1) is 10.5. The fourth-order valence-electron chi connectivity index (χ4n) is 1.88. The van der Waals surface area contributed by atoms with Gasteiger partial charge in [0, 0.05) is 34.0 Å². The fraction of sp³-hybridized carbons (Fsp3) is 0.154. The van der Waals surface area contributed by atoms with Crippen LogP contribution in [0.15, 0.2) is 26.6 Å². The lowest BCUT2D eigenvalue weighted by molar-refractivity contribution is 0.999. The van der Waals surface area contributed by atoms with Gasteiger partial charge >= 0.3 is 0 Å². The van der Waals surface area contributed by atoms with Crippen LogP contribution in [-0.2, 0) is 12.8 Å². The molecule has 1 nitrogen and oxygen atoms in total. The Hall–Kier alpha value is 0.390. The highest BCUT2D eigenvalue weighted by Gasteiger charge is 2.09. The highest BCUT2D eigenvalue weighted by Crippen LogP contribution is 2.31. The summed E-state index contributed by atoms with van der Waals surface area (Å²) in [7, 11) is 0. The maximum Gasteiger partial charge on any atom is 0.145 e. The molecule has 3 heterocycles. The normalized spacial score (nSPS) is 11.0. The molecular formula is C13H9NS8. The first-order valence-corrected chi connectivity index (χ1v) is 11.1. The summed E-state index contributed by atoms with van der Waals surface area (Å²) in [6.07, 6.45) is 1.55. The Morgan fingerprint density at radius 1 is 0.818 bits per heavy atom. The van der Waals surface area contributed by atoms with Gasteiger partial charge in [0.25, 0.3) is 0 Å². The molecule has 0 saturated heterocycles. The van der Waals surface area contributed by atoms with Crippen LogP contribution >= 0.6 is 95.0 Å². The van der Waals surface area contributed by atoms with E-state index in [1.54, 1.807) is 45.3 Å². The SMILES string of the molecule is S=c1sc(S)c(Cc2cccc(Cc3sc(=S)sc3S)n2)s1. The molecule has 0 amide bonds. The molecular weight excluding hydrogens is 427 g/mol. The molecule has 0 aliphatic heterocycles. The maximum absolute atomic E-state index is 5.22. The standard InChI is InChI=1S/C13H9NS8/c15-10-8(19-12(17)21-10)4-6-2-1-3-7(14-6)5-9-11(16)22-13(18)20-9/h1-3,15-16H,4-5H2. The second-order valence-corrected chi connectivity index (χ2v) is 12.5. The lowest BCUT2D eigenvalue weighted by atomic mass is 10.2. The number of nitrogens with zero attached hydrogens (tertiary/aromatic N) is 1. The van der Waals surface area contributed by atoms with Crippen molar-refractivity contribution in [3.63, 3.8) is 0 Å². The molecule has 0 aliphatic rings. The summed E-state index contributed by atoms with van der Waals surface area (Å²) in [6.45, 7) is 0. The second kappa shape index (κ2) is 7.52. The van der Waals surface area contributed by atoms with Gasteiger partial charge in [0.2, 0.25) is 0 Å². The lowest BCUT2D eigenvalue weighted by Crippen LogP contribution is -1.96. The highest BCUT2D eigenvalue weighted by molar-refractivity contribution is 7.85. The zero-order valence-corrected chi connectivity index (χ0v) is 17.6. The van der Waals surface area contributed by atoms with Crippen molar-refractivity contribution in [2.24, 2.45) is 0 Å². The molecule has 3 aromatic heterocycles. The Morgan fingerprint density at radius 3 is 1.64 bits per heavy atom. The Bertz CT molecular complexity index is 841. The van der Waals surface area contributed by atoms with E-state index in [9.17, 15) is 0 Å². The van der Waals surface area contributed by atoms with Gasteiger partial charge in [-0.1, -0.05) is 30.5 Å². The molecule has 0 radical (unpaired) electrons. The van der Waals surface area contributed by atoms with Crippen molar-refractivity contribution < 1.29 is 0 Å². The predicted molar refractivity (Wildman–Crippen MR) is 110 cm³/mol. The lowest BCUT2D eigenvalue weighted by Gasteiger charge is -2.03. The summed E-state index contributed by atoms with van der Waals surface area (Å²) < 4.78 is 3.81. The van der Waals surface area contributed by atoms with Crippen molar-refractivity contribution in [2.45, 2.75) is 21.3 Å². The largest absolute Gasteiger partial charge is 0.257 e. The molecule has 0 N–H and O–H groups in total. The number of thiol groups is 2. The van der Waals surface area contributed by atoms with Gasteiger partial charge in [0.15, 0.2) is 0 Å². The molecule has 0 spiro atoms. The van der Waals surface area contributed by atoms with Gasteiger partial charge in [0.05, 0.1) is 8.42 Å². The third kappa shape index (κ3) is 4.27. The average Bonchev–Trinajstić information content (AvgIpc) is 2.92. The summed E-state index contributed by atoms with van der Waals surface area (Å²) in [5.74, 6) is 0. The Labute approximate surface area is 165 Å². The van der Waals surface area contributed by atoms with E-state index in [2.05, 4.69) is 25.3 Å². The molecule has 22 heavy (non-hydrogen) atoms. The molecule has 0 unspecified atom stereocenters. The first kappa shape index (κ1) is 17.2. The smallest absolute Gasteiger partial charge is 0.145 e. The molecule has 0 atom stereocenters. The van der Waals surface area contributed by atoms with E-state index in [4.69, 9.17) is 29.4 Å². The maximum atomic E-state index is 5.22. The van der Waals surface area contributed by atoms with Crippen LogP contribution in [0.4, 0.5) is 0 Å². The molecule has 0 fully saturated rings. The Morgan fingerprint density at radius 2 is 1.27 bits per heavy atom. The quantitative estimate of drug-likeness (QED) is 0.357. The molecule has 0 bridgehead atoms. The van der Waals surface area contributed by atoms with Gasteiger partial charge in [-0.25, -0.2) is 0 Å². The summed E-state index contributed by atoms with van der Waals surface area (Å²) in [4.78, 5) is 7.12. The number of rotatable bonds is 4. The van der Waals surface area contributed by atoms with Crippen molar-refractivity contribution in [1.29, 1.82) is 0 Å². The van der Waals surface area contributed by atoms with E-state index in [0.717, 1.165) is 38.9 Å². The van der Waals surface area contributed by atoms with E-state index in [-0.39, 0.29) is 0 Å². The van der Waals surface area contributed by atoms with E-state index >= 15 is 0 Å². The van der Waals surface area contributed by atoms with Crippen LogP contribution in [0.2, 0.25) is 0 Å². The summed E-state index contributed by atoms with van der Waals surface area (Å²) >= 11 is 25.8. The molecule has 9 heteroatoms. The fourth-order valence-corrected chi connectivity index (χ4v) is 8.35. The molecule has 0 aliphatic carbocycles. The van der Waals surface area contributed by atoms with Crippen LogP contribution in [0, 0.1) is 6.28 Å². The third-order valence-electron chi connectivity index (χ3n) is 2.80. The number of hydrogen-bond acceptors (Lipinski definition) is 9. The summed E-state index contributed by atoms with van der Waals surface area (Å²) in [5.41, 5.74) is 2.08. The Balaban J connectivity index is 1.83. The molecule has 114 valence electrons. The minimum atomic E-state index is 0.775. The van der Waals surface area contributed by atoms with Gasteiger partial charge < -0.3 is 0 Å².